The van der Waals surface area contributed by atoms with Gasteiger partial charge in [0.2, 0.25) is 5.60 Å². The van der Waals surface area contributed by atoms with E-state index in [1.165, 1.54) is 11.1 Å². The molecule has 0 radical (unpaired) electrons. The molecule has 0 aliphatic carbocycles. The Morgan fingerprint density at radius 3 is 2.81 bits per heavy atom. The zero-order valence-electron chi connectivity index (χ0n) is 18.6. The van der Waals surface area contributed by atoms with Crippen LogP contribution >= 0.6 is 0 Å². The lowest BCUT2D eigenvalue weighted by Gasteiger charge is -2.24. The van der Waals surface area contributed by atoms with Crippen molar-refractivity contribution in [1.82, 2.24) is 14.9 Å². The smallest absolute Gasteiger partial charge is 0.269 e. The second-order valence-corrected chi connectivity index (χ2v) is 8.31. The lowest BCUT2D eigenvalue weighted by molar-refractivity contribution is -0.137. The van der Waals surface area contributed by atoms with Gasteiger partial charge in [0.05, 0.1) is 17.5 Å². The van der Waals surface area contributed by atoms with Gasteiger partial charge in [-0.25, -0.2) is 9.97 Å². The van der Waals surface area contributed by atoms with Crippen molar-refractivity contribution in [1.29, 1.82) is 0 Å². The number of likely N-dealkylation sites (N-methyl/N-ethyl adjacent to an activating group) is 1. The fourth-order valence-electron chi connectivity index (χ4n) is 3.10. The Labute approximate surface area is 187 Å². The standard InChI is InChI=1S/C23H27N5O4/c1-22(2,32-4)14-26-17-13-25-20(27-18(17)19(24)29)16-7-5-6-15(12-16)8-9-23(31)10-11-28(3)21(23)30/h5-7,12-13,26,31H,10-11,14H2,1-4H3,(H2,24,29)/t23-/m0/s1. The van der Waals surface area contributed by atoms with Crippen LogP contribution in [0.4, 0.5) is 5.69 Å². The number of hydrogen-bond donors (Lipinski definition) is 3. The normalized spacial score (nSPS) is 18.3. The van der Waals surface area contributed by atoms with Crippen LogP contribution in [-0.2, 0) is 9.53 Å². The van der Waals surface area contributed by atoms with Gasteiger partial charge in [0, 0.05) is 44.8 Å². The predicted octanol–water partition coefficient (Wildman–Crippen LogP) is 1.02. The molecule has 32 heavy (non-hydrogen) atoms. The Morgan fingerprint density at radius 2 is 2.19 bits per heavy atom. The number of carbonyl (C=O) groups excluding carboxylic acids is 2. The van der Waals surface area contributed by atoms with Gasteiger partial charge >= 0.3 is 0 Å². The molecule has 1 fully saturated rings. The van der Waals surface area contributed by atoms with Crippen LogP contribution in [0.5, 0.6) is 0 Å². The second kappa shape index (κ2) is 8.94. The van der Waals surface area contributed by atoms with Gasteiger partial charge in [0.1, 0.15) is 0 Å². The van der Waals surface area contributed by atoms with Gasteiger partial charge in [-0.05, 0) is 26.0 Å². The van der Waals surface area contributed by atoms with E-state index in [1.54, 1.807) is 38.4 Å². The highest BCUT2D eigenvalue weighted by Crippen LogP contribution is 2.23. The maximum absolute atomic E-state index is 12.1. The molecule has 1 aromatic carbocycles. The molecule has 0 spiro atoms. The molecule has 1 aromatic heterocycles. The number of methoxy groups -OCH3 is 1. The minimum atomic E-state index is -1.68. The minimum Gasteiger partial charge on any atom is -0.379 e. The maximum atomic E-state index is 12.1. The van der Waals surface area contributed by atoms with Crippen LogP contribution in [0.3, 0.4) is 0 Å². The number of aliphatic hydroxyl groups is 1. The lowest BCUT2D eigenvalue weighted by atomic mass is 10.0. The van der Waals surface area contributed by atoms with Gasteiger partial charge < -0.3 is 25.8 Å². The highest BCUT2D eigenvalue weighted by Gasteiger charge is 2.42. The second-order valence-electron chi connectivity index (χ2n) is 8.31. The van der Waals surface area contributed by atoms with Gasteiger partial charge in [-0.15, -0.1) is 0 Å². The molecule has 3 rings (SSSR count). The van der Waals surface area contributed by atoms with Crippen LogP contribution in [0.25, 0.3) is 11.4 Å². The van der Waals surface area contributed by atoms with Crippen LogP contribution in [0.15, 0.2) is 30.5 Å². The molecule has 0 bridgehead atoms. The maximum Gasteiger partial charge on any atom is 0.269 e. The summed E-state index contributed by atoms with van der Waals surface area (Å²) in [6.07, 6.45) is 1.76. The van der Waals surface area contributed by atoms with Gasteiger partial charge in [-0.1, -0.05) is 24.0 Å². The summed E-state index contributed by atoms with van der Waals surface area (Å²) in [5.41, 5.74) is 5.06. The molecule has 9 heteroatoms. The largest absolute Gasteiger partial charge is 0.379 e. The number of nitrogens with one attached hydrogen (secondary N) is 1. The highest BCUT2D eigenvalue weighted by atomic mass is 16.5. The first kappa shape index (κ1) is 23.2. The van der Waals surface area contributed by atoms with E-state index in [-0.39, 0.29) is 12.1 Å². The molecule has 2 amide bonds. The van der Waals surface area contributed by atoms with E-state index in [9.17, 15) is 14.7 Å². The number of anilines is 1. The number of amides is 2. The number of nitrogens with zero attached hydrogens (tertiary/aromatic N) is 3. The third-order valence-electron chi connectivity index (χ3n) is 5.32. The number of aromatic nitrogens is 2. The topological polar surface area (TPSA) is 131 Å². The molecular weight excluding hydrogens is 410 g/mol. The van der Waals surface area contributed by atoms with E-state index >= 15 is 0 Å². The van der Waals surface area contributed by atoms with Gasteiger partial charge in [0.15, 0.2) is 11.5 Å². The minimum absolute atomic E-state index is 0.0623. The molecule has 0 saturated carbocycles. The monoisotopic (exact) mass is 437 g/mol. The highest BCUT2D eigenvalue weighted by molar-refractivity contribution is 5.96. The number of nitrogens with two attached hydrogens (primary N) is 1. The molecule has 1 saturated heterocycles. The van der Waals surface area contributed by atoms with Crippen molar-refractivity contribution in [3.8, 4) is 23.2 Å². The molecule has 0 unspecified atom stereocenters. The average Bonchev–Trinajstić information content (AvgIpc) is 3.04. The Kier molecular flexibility index (Phi) is 6.48. The van der Waals surface area contributed by atoms with Crippen molar-refractivity contribution in [2.45, 2.75) is 31.5 Å². The summed E-state index contributed by atoms with van der Waals surface area (Å²) in [5.74, 6) is 4.75. The number of primary amides is 1. The first-order chi connectivity index (χ1) is 15.0. The SMILES string of the molecule is COC(C)(C)CNc1cnc(-c2cccc(C#C[C@]3(O)CCN(C)C3=O)c2)nc1C(N)=O. The van der Waals surface area contributed by atoms with Crippen LogP contribution in [0.2, 0.25) is 0 Å². The Bertz CT molecular complexity index is 1110. The molecule has 2 aromatic rings. The number of benzene rings is 1. The molecule has 2 heterocycles. The summed E-state index contributed by atoms with van der Waals surface area (Å²) in [4.78, 5) is 34.2. The Morgan fingerprint density at radius 1 is 1.44 bits per heavy atom. The van der Waals surface area contributed by atoms with Crippen molar-refractivity contribution in [3.05, 3.63) is 41.7 Å². The number of rotatable bonds is 6. The molecule has 1 aliphatic rings. The van der Waals surface area contributed by atoms with Crippen molar-refractivity contribution in [2.75, 3.05) is 32.6 Å². The van der Waals surface area contributed by atoms with E-state index in [2.05, 4.69) is 27.1 Å². The predicted molar refractivity (Wildman–Crippen MR) is 120 cm³/mol. The number of hydrogen-bond acceptors (Lipinski definition) is 7. The summed E-state index contributed by atoms with van der Waals surface area (Å²) in [6.45, 7) is 4.68. The van der Waals surface area contributed by atoms with Crippen LogP contribution < -0.4 is 11.1 Å². The first-order valence-electron chi connectivity index (χ1n) is 10.1. The number of likely N-dealkylation sites (tertiary alicyclic amines) is 1. The fourth-order valence-corrected chi connectivity index (χ4v) is 3.10. The van der Waals surface area contributed by atoms with Gasteiger partial charge in [-0.3, -0.25) is 9.59 Å². The Balaban J connectivity index is 1.88. The number of ether oxygens (including phenoxy) is 1. The van der Waals surface area contributed by atoms with Crippen LogP contribution in [0, 0.1) is 11.8 Å². The summed E-state index contributed by atoms with van der Waals surface area (Å²) < 4.78 is 5.37. The zero-order valence-corrected chi connectivity index (χ0v) is 18.6. The van der Waals surface area contributed by atoms with Crippen LogP contribution in [0.1, 0.15) is 36.3 Å². The van der Waals surface area contributed by atoms with E-state index in [0.29, 0.717) is 35.7 Å². The third-order valence-corrected chi connectivity index (χ3v) is 5.32. The quantitative estimate of drug-likeness (QED) is 0.575. The third kappa shape index (κ3) is 5.04. The molecule has 168 valence electrons. The molecule has 9 nitrogen and oxygen atoms in total. The fraction of sp³-hybridized carbons (Fsp3) is 0.391. The van der Waals surface area contributed by atoms with Crippen molar-refractivity contribution in [3.63, 3.8) is 0 Å². The van der Waals surface area contributed by atoms with Gasteiger partial charge in [-0.2, -0.15) is 0 Å². The summed E-state index contributed by atoms with van der Waals surface area (Å²) in [5, 5.41) is 13.6. The summed E-state index contributed by atoms with van der Waals surface area (Å²) >= 11 is 0. The van der Waals surface area contributed by atoms with E-state index in [4.69, 9.17) is 10.5 Å². The zero-order chi connectivity index (χ0) is 23.5. The first-order valence-corrected chi connectivity index (χ1v) is 10.1. The summed E-state index contributed by atoms with van der Waals surface area (Å²) in [7, 11) is 3.23. The van der Waals surface area contributed by atoms with Crippen molar-refractivity contribution < 1.29 is 19.4 Å². The van der Waals surface area contributed by atoms with Crippen LogP contribution in [-0.4, -0.2) is 70.2 Å². The molecule has 4 N–H and O–H groups in total. The van der Waals surface area contributed by atoms with E-state index in [1.807, 2.05) is 13.8 Å². The molecular formula is C23H27N5O4. The van der Waals surface area contributed by atoms with Crippen molar-refractivity contribution >= 4 is 17.5 Å². The average molecular weight is 438 g/mol. The molecule has 1 aliphatic heterocycles. The Hall–Kier alpha value is -3.48. The molecule has 1 atom stereocenters. The number of carbonyl (C=O) groups is 2. The lowest BCUT2D eigenvalue weighted by Crippen LogP contribution is -2.37. The summed E-state index contributed by atoms with van der Waals surface area (Å²) in [6, 6.07) is 7.00. The van der Waals surface area contributed by atoms with E-state index < -0.39 is 23.0 Å². The van der Waals surface area contributed by atoms with E-state index in [0.717, 1.165) is 0 Å². The van der Waals surface area contributed by atoms with Gasteiger partial charge in [0.25, 0.3) is 11.8 Å². The van der Waals surface area contributed by atoms with Crippen molar-refractivity contribution in [2.24, 2.45) is 5.73 Å².